The van der Waals surface area contributed by atoms with Gasteiger partial charge in [-0.05, 0) is 17.7 Å². The molecule has 0 saturated heterocycles. The molecule has 2 aromatic carbocycles. The fraction of sp³-hybridized carbons (Fsp3) is 0.176. The van der Waals surface area contributed by atoms with E-state index in [2.05, 4.69) is 5.32 Å². The quantitative estimate of drug-likeness (QED) is 0.656. The fourth-order valence-corrected chi connectivity index (χ4v) is 3.36. The molecule has 2 aromatic rings. The lowest BCUT2D eigenvalue weighted by molar-refractivity contribution is -0.384. The molecule has 0 saturated carbocycles. The number of hydrogen-bond donors (Lipinski definition) is 1. The van der Waals surface area contributed by atoms with Gasteiger partial charge in [-0.3, -0.25) is 19.7 Å². The van der Waals surface area contributed by atoms with Crippen LogP contribution in [-0.4, -0.2) is 29.0 Å². The Balaban J connectivity index is 1.59. The molecule has 128 valence electrons. The number of carbonyl (C=O) groups is 2. The van der Waals surface area contributed by atoms with Crippen LogP contribution in [0.4, 0.5) is 17.1 Å². The number of non-ortho nitro benzene ring substituents is 1. The van der Waals surface area contributed by atoms with Crippen molar-refractivity contribution >= 4 is 40.6 Å². The first-order chi connectivity index (χ1) is 12.0. The molecule has 0 aliphatic carbocycles. The Morgan fingerprint density at radius 3 is 2.64 bits per heavy atom. The molecule has 1 aliphatic heterocycles. The standard InChI is InChI=1S/C17H15N3O4S/c21-16-9-19(15-4-2-1-3-14(15)18-16)17(22)11-25-10-12-5-7-13(8-6-12)20(23)24/h1-8H,9-11H2,(H,18,21). The molecule has 0 bridgehead atoms. The molecule has 0 atom stereocenters. The lowest BCUT2D eigenvalue weighted by Gasteiger charge is -2.29. The van der Waals surface area contributed by atoms with Gasteiger partial charge < -0.3 is 10.2 Å². The van der Waals surface area contributed by atoms with Crippen LogP contribution in [0.5, 0.6) is 0 Å². The number of thioether (sulfide) groups is 1. The van der Waals surface area contributed by atoms with Crippen molar-refractivity contribution in [2.75, 3.05) is 22.5 Å². The van der Waals surface area contributed by atoms with E-state index in [1.54, 1.807) is 30.3 Å². The minimum atomic E-state index is -0.445. The van der Waals surface area contributed by atoms with Crippen LogP contribution in [0.25, 0.3) is 0 Å². The molecule has 0 fully saturated rings. The van der Waals surface area contributed by atoms with Gasteiger partial charge in [0.1, 0.15) is 6.54 Å². The Kier molecular flexibility index (Phi) is 4.99. The van der Waals surface area contributed by atoms with E-state index in [0.717, 1.165) is 5.56 Å². The predicted molar refractivity (Wildman–Crippen MR) is 96.7 cm³/mol. The minimum Gasteiger partial charge on any atom is -0.323 e. The van der Waals surface area contributed by atoms with Crippen molar-refractivity contribution in [1.29, 1.82) is 0 Å². The van der Waals surface area contributed by atoms with Crippen LogP contribution >= 0.6 is 11.8 Å². The number of nitro groups is 1. The van der Waals surface area contributed by atoms with Gasteiger partial charge in [-0.25, -0.2) is 0 Å². The molecular weight excluding hydrogens is 342 g/mol. The second kappa shape index (κ2) is 7.35. The van der Waals surface area contributed by atoms with Crippen LogP contribution in [0.15, 0.2) is 48.5 Å². The van der Waals surface area contributed by atoms with Gasteiger partial charge in [-0.15, -0.1) is 11.8 Å². The number of anilines is 2. The maximum atomic E-state index is 12.5. The van der Waals surface area contributed by atoms with E-state index in [-0.39, 0.29) is 29.8 Å². The number of nitrogens with one attached hydrogen (secondary N) is 1. The molecule has 25 heavy (non-hydrogen) atoms. The maximum Gasteiger partial charge on any atom is 0.269 e. The summed E-state index contributed by atoms with van der Waals surface area (Å²) in [5.41, 5.74) is 2.27. The highest BCUT2D eigenvalue weighted by molar-refractivity contribution is 7.99. The first-order valence-corrected chi connectivity index (χ1v) is 8.70. The van der Waals surface area contributed by atoms with Crippen molar-refractivity contribution in [1.82, 2.24) is 0 Å². The maximum absolute atomic E-state index is 12.5. The van der Waals surface area contributed by atoms with E-state index in [1.165, 1.54) is 28.8 Å². The summed E-state index contributed by atoms with van der Waals surface area (Å²) in [6, 6.07) is 13.4. The molecule has 0 unspecified atom stereocenters. The number of hydrogen-bond acceptors (Lipinski definition) is 5. The van der Waals surface area contributed by atoms with Gasteiger partial charge in [-0.2, -0.15) is 0 Å². The number of nitro benzene ring substituents is 1. The Bertz CT molecular complexity index is 823. The van der Waals surface area contributed by atoms with Crippen LogP contribution in [-0.2, 0) is 15.3 Å². The van der Waals surface area contributed by atoms with Gasteiger partial charge in [0, 0.05) is 17.9 Å². The normalized spacial score (nSPS) is 13.1. The van der Waals surface area contributed by atoms with Crippen molar-refractivity contribution in [2.45, 2.75) is 5.75 Å². The molecule has 7 nitrogen and oxygen atoms in total. The van der Waals surface area contributed by atoms with E-state index in [0.29, 0.717) is 17.1 Å². The van der Waals surface area contributed by atoms with Crippen LogP contribution in [0, 0.1) is 10.1 Å². The van der Waals surface area contributed by atoms with Gasteiger partial charge in [0.05, 0.1) is 22.1 Å². The van der Waals surface area contributed by atoms with Crippen LogP contribution < -0.4 is 10.2 Å². The van der Waals surface area contributed by atoms with E-state index in [1.807, 2.05) is 6.07 Å². The summed E-state index contributed by atoms with van der Waals surface area (Å²) >= 11 is 1.41. The van der Waals surface area contributed by atoms with E-state index < -0.39 is 4.92 Å². The molecule has 0 spiro atoms. The monoisotopic (exact) mass is 357 g/mol. The Morgan fingerprint density at radius 2 is 1.92 bits per heavy atom. The average molecular weight is 357 g/mol. The number of amides is 2. The largest absolute Gasteiger partial charge is 0.323 e. The van der Waals surface area contributed by atoms with Gasteiger partial charge in [0.2, 0.25) is 11.8 Å². The van der Waals surface area contributed by atoms with Crippen LogP contribution in [0.2, 0.25) is 0 Å². The molecule has 8 heteroatoms. The number of fused-ring (bicyclic) bond motifs is 1. The minimum absolute atomic E-state index is 0.00788. The summed E-state index contributed by atoms with van der Waals surface area (Å²) in [6.07, 6.45) is 0. The number of carbonyl (C=O) groups excluding carboxylic acids is 2. The first kappa shape index (κ1) is 17.0. The predicted octanol–water partition coefficient (Wildman–Crippen LogP) is 2.81. The second-order valence-electron chi connectivity index (χ2n) is 5.46. The van der Waals surface area contributed by atoms with Crippen molar-refractivity contribution < 1.29 is 14.5 Å². The second-order valence-corrected chi connectivity index (χ2v) is 6.45. The van der Waals surface area contributed by atoms with Crippen LogP contribution in [0.3, 0.4) is 0 Å². The van der Waals surface area contributed by atoms with Gasteiger partial charge in [-0.1, -0.05) is 24.3 Å². The average Bonchev–Trinajstić information content (AvgIpc) is 2.61. The summed E-state index contributed by atoms with van der Waals surface area (Å²) in [6.45, 7) is 0.00788. The Morgan fingerprint density at radius 1 is 1.20 bits per heavy atom. The molecule has 1 heterocycles. The number of nitrogens with zero attached hydrogens (tertiary/aromatic N) is 2. The third-order valence-corrected chi connectivity index (χ3v) is 4.70. The van der Waals surface area contributed by atoms with E-state index in [9.17, 15) is 19.7 Å². The Labute approximate surface area is 148 Å². The van der Waals surface area contributed by atoms with Crippen molar-refractivity contribution in [3.8, 4) is 0 Å². The highest BCUT2D eigenvalue weighted by Gasteiger charge is 2.26. The molecule has 0 aromatic heterocycles. The van der Waals surface area contributed by atoms with Crippen molar-refractivity contribution in [3.63, 3.8) is 0 Å². The number of rotatable bonds is 5. The smallest absolute Gasteiger partial charge is 0.269 e. The molecule has 1 aliphatic rings. The summed E-state index contributed by atoms with van der Waals surface area (Å²) in [4.78, 5) is 35.9. The van der Waals surface area contributed by atoms with E-state index >= 15 is 0 Å². The van der Waals surface area contributed by atoms with E-state index in [4.69, 9.17) is 0 Å². The third kappa shape index (κ3) is 3.97. The number of benzene rings is 2. The topological polar surface area (TPSA) is 92.5 Å². The summed E-state index contributed by atoms with van der Waals surface area (Å²) in [7, 11) is 0. The van der Waals surface area contributed by atoms with Crippen molar-refractivity contribution in [2.24, 2.45) is 0 Å². The molecular formula is C17H15N3O4S. The molecule has 1 N–H and O–H groups in total. The summed E-state index contributed by atoms with van der Waals surface area (Å²) in [5, 5.41) is 13.4. The zero-order valence-corrected chi connectivity index (χ0v) is 14.0. The van der Waals surface area contributed by atoms with Crippen molar-refractivity contribution in [3.05, 3.63) is 64.2 Å². The Hall–Kier alpha value is -2.87. The zero-order valence-electron chi connectivity index (χ0n) is 13.2. The number of para-hydroxylation sites is 2. The first-order valence-electron chi connectivity index (χ1n) is 7.55. The highest BCUT2D eigenvalue weighted by Crippen LogP contribution is 2.29. The van der Waals surface area contributed by atoms with Gasteiger partial charge in [0.15, 0.2) is 0 Å². The summed E-state index contributed by atoms with van der Waals surface area (Å²) in [5.74, 6) is 0.422. The zero-order chi connectivity index (χ0) is 17.8. The van der Waals surface area contributed by atoms with Gasteiger partial charge >= 0.3 is 0 Å². The lowest BCUT2D eigenvalue weighted by Crippen LogP contribution is -2.43. The lowest BCUT2D eigenvalue weighted by atomic mass is 10.2. The highest BCUT2D eigenvalue weighted by atomic mass is 32.2. The third-order valence-electron chi connectivity index (χ3n) is 3.71. The fourth-order valence-electron chi connectivity index (χ4n) is 2.50. The SMILES string of the molecule is O=C1CN(C(=O)CSCc2ccc([N+](=O)[O-])cc2)c2ccccc2N1. The molecule has 0 radical (unpaired) electrons. The van der Waals surface area contributed by atoms with Gasteiger partial charge in [0.25, 0.3) is 5.69 Å². The molecule has 2 amide bonds. The molecule has 3 rings (SSSR count). The van der Waals surface area contributed by atoms with Crippen LogP contribution in [0.1, 0.15) is 5.56 Å². The summed E-state index contributed by atoms with van der Waals surface area (Å²) < 4.78 is 0.